The highest BCUT2D eigenvalue weighted by Crippen LogP contribution is 2.28. The van der Waals surface area contributed by atoms with E-state index in [1.165, 1.54) is 24.9 Å². The number of hydrogen-bond acceptors (Lipinski definition) is 5. The zero-order chi connectivity index (χ0) is 17.2. The van der Waals surface area contributed by atoms with Crippen molar-refractivity contribution in [2.75, 3.05) is 23.7 Å². The van der Waals surface area contributed by atoms with E-state index in [1.807, 2.05) is 25.1 Å². The molecule has 0 aliphatic carbocycles. The van der Waals surface area contributed by atoms with Crippen LogP contribution in [0.3, 0.4) is 0 Å². The number of aryl methyl sites for hydroxylation is 1. The van der Waals surface area contributed by atoms with Crippen molar-refractivity contribution < 1.29 is 4.52 Å². The van der Waals surface area contributed by atoms with E-state index in [0.717, 1.165) is 29.8 Å². The van der Waals surface area contributed by atoms with E-state index in [1.54, 1.807) is 0 Å². The van der Waals surface area contributed by atoms with Crippen molar-refractivity contribution in [3.63, 3.8) is 0 Å². The van der Waals surface area contributed by atoms with Crippen LogP contribution in [-0.4, -0.2) is 23.2 Å². The summed E-state index contributed by atoms with van der Waals surface area (Å²) >= 11 is 0. The summed E-state index contributed by atoms with van der Waals surface area (Å²) in [5, 5.41) is 4.14. The summed E-state index contributed by atoms with van der Waals surface area (Å²) in [5.74, 6) is 1.10. The van der Waals surface area contributed by atoms with Gasteiger partial charge in [0.15, 0.2) is 0 Å². The van der Waals surface area contributed by atoms with Crippen LogP contribution in [0.15, 0.2) is 47.0 Å². The van der Waals surface area contributed by atoms with Crippen LogP contribution in [0.5, 0.6) is 0 Å². The first-order valence-electron chi connectivity index (χ1n) is 8.76. The van der Waals surface area contributed by atoms with Gasteiger partial charge in [0.2, 0.25) is 5.82 Å². The first-order valence-corrected chi connectivity index (χ1v) is 8.76. The van der Waals surface area contributed by atoms with Gasteiger partial charge in [-0.15, -0.1) is 12.4 Å². The topological polar surface area (TPSA) is 68.2 Å². The van der Waals surface area contributed by atoms with Crippen molar-refractivity contribution in [3.05, 3.63) is 48.0 Å². The third-order valence-corrected chi connectivity index (χ3v) is 4.76. The number of benzene rings is 2. The number of nitrogens with zero attached hydrogens (tertiary/aromatic N) is 3. The maximum absolute atomic E-state index is 5.88. The van der Waals surface area contributed by atoms with Crippen LogP contribution in [-0.2, 0) is 0 Å². The van der Waals surface area contributed by atoms with E-state index in [0.29, 0.717) is 17.4 Å². The number of hydrogen-bond donors (Lipinski definition) is 1. The molecule has 136 valence electrons. The first kappa shape index (κ1) is 18.3. The average Bonchev–Trinajstić information content (AvgIpc) is 3.14. The van der Waals surface area contributed by atoms with Gasteiger partial charge in [0, 0.05) is 35.6 Å². The van der Waals surface area contributed by atoms with E-state index in [4.69, 9.17) is 10.3 Å². The molecule has 1 aliphatic heterocycles. The summed E-state index contributed by atoms with van der Waals surface area (Å²) in [6.07, 6.45) is 3.88. The SMILES string of the molecule is Cc1ccc(N)cc1-c1nc(-c2ccc(N3CCCCC3)cc2)no1.Cl. The van der Waals surface area contributed by atoms with Gasteiger partial charge in [-0.25, -0.2) is 0 Å². The Hall–Kier alpha value is -2.53. The van der Waals surface area contributed by atoms with Gasteiger partial charge in [0.25, 0.3) is 5.89 Å². The highest BCUT2D eigenvalue weighted by Gasteiger charge is 2.14. The van der Waals surface area contributed by atoms with Gasteiger partial charge in [-0.1, -0.05) is 11.2 Å². The van der Waals surface area contributed by atoms with Crippen molar-refractivity contribution in [3.8, 4) is 22.8 Å². The van der Waals surface area contributed by atoms with E-state index in [-0.39, 0.29) is 12.4 Å². The van der Waals surface area contributed by atoms with Gasteiger partial charge < -0.3 is 15.2 Å². The van der Waals surface area contributed by atoms with Crippen molar-refractivity contribution >= 4 is 23.8 Å². The molecule has 2 aromatic carbocycles. The van der Waals surface area contributed by atoms with E-state index < -0.39 is 0 Å². The van der Waals surface area contributed by atoms with Crippen LogP contribution < -0.4 is 10.6 Å². The molecule has 2 N–H and O–H groups in total. The Morgan fingerprint density at radius 2 is 1.73 bits per heavy atom. The molecule has 0 saturated carbocycles. The molecule has 1 fully saturated rings. The number of halogens is 1. The Balaban J connectivity index is 0.00000196. The minimum Gasteiger partial charge on any atom is -0.399 e. The second-order valence-corrected chi connectivity index (χ2v) is 6.59. The lowest BCUT2D eigenvalue weighted by atomic mass is 10.1. The highest BCUT2D eigenvalue weighted by atomic mass is 35.5. The molecule has 6 heteroatoms. The third-order valence-electron chi connectivity index (χ3n) is 4.76. The molecule has 1 aromatic heterocycles. The molecule has 0 radical (unpaired) electrons. The van der Waals surface area contributed by atoms with Gasteiger partial charge in [-0.05, 0) is 68.1 Å². The average molecular weight is 371 g/mol. The van der Waals surface area contributed by atoms with E-state index in [2.05, 4.69) is 39.3 Å². The molecule has 0 amide bonds. The van der Waals surface area contributed by atoms with Crippen molar-refractivity contribution in [1.29, 1.82) is 0 Å². The predicted molar refractivity (Wildman–Crippen MR) is 108 cm³/mol. The van der Waals surface area contributed by atoms with Crippen LogP contribution in [0.1, 0.15) is 24.8 Å². The zero-order valence-corrected chi connectivity index (χ0v) is 15.6. The lowest BCUT2D eigenvalue weighted by molar-refractivity contribution is 0.432. The second kappa shape index (κ2) is 7.79. The van der Waals surface area contributed by atoms with Gasteiger partial charge in [0.1, 0.15) is 0 Å². The first-order chi connectivity index (χ1) is 12.2. The Bertz CT molecular complexity index is 870. The molecule has 2 heterocycles. The van der Waals surface area contributed by atoms with Crippen LogP contribution in [0.2, 0.25) is 0 Å². The van der Waals surface area contributed by atoms with Gasteiger partial charge >= 0.3 is 0 Å². The number of rotatable bonds is 3. The Labute approximate surface area is 159 Å². The van der Waals surface area contributed by atoms with Crippen LogP contribution in [0, 0.1) is 6.92 Å². The van der Waals surface area contributed by atoms with Crippen molar-refractivity contribution in [2.24, 2.45) is 0 Å². The fourth-order valence-corrected chi connectivity index (χ4v) is 3.29. The molecule has 0 bridgehead atoms. The minimum atomic E-state index is 0. The molecular formula is C20H23ClN4O. The molecule has 0 unspecified atom stereocenters. The summed E-state index contributed by atoms with van der Waals surface area (Å²) < 4.78 is 5.46. The fourth-order valence-electron chi connectivity index (χ4n) is 3.29. The Kier molecular flexibility index (Phi) is 5.47. The number of piperidine rings is 1. The number of nitrogens with two attached hydrogens (primary N) is 1. The van der Waals surface area contributed by atoms with Crippen LogP contribution >= 0.6 is 12.4 Å². The molecule has 4 rings (SSSR count). The van der Waals surface area contributed by atoms with E-state index in [9.17, 15) is 0 Å². The zero-order valence-electron chi connectivity index (χ0n) is 14.8. The normalized spacial score (nSPS) is 14.1. The minimum absolute atomic E-state index is 0. The lowest BCUT2D eigenvalue weighted by Crippen LogP contribution is -2.29. The van der Waals surface area contributed by atoms with E-state index >= 15 is 0 Å². The number of nitrogen functional groups attached to an aromatic ring is 1. The monoisotopic (exact) mass is 370 g/mol. The second-order valence-electron chi connectivity index (χ2n) is 6.59. The number of anilines is 2. The smallest absolute Gasteiger partial charge is 0.258 e. The third kappa shape index (κ3) is 3.68. The summed E-state index contributed by atoms with van der Waals surface area (Å²) in [7, 11) is 0. The molecule has 0 spiro atoms. The lowest BCUT2D eigenvalue weighted by Gasteiger charge is -2.28. The van der Waals surface area contributed by atoms with Gasteiger partial charge in [-0.2, -0.15) is 4.98 Å². The summed E-state index contributed by atoms with van der Waals surface area (Å²) in [5.41, 5.74) is 10.7. The van der Waals surface area contributed by atoms with Crippen molar-refractivity contribution in [1.82, 2.24) is 10.1 Å². The Morgan fingerprint density at radius 1 is 1.00 bits per heavy atom. The summed E-state index contributed by atoms with van der Waals surface area (Å²) in [6, 6.07) is 14.1. The molecule has 0 atom stereocenters. The summed E-state index contributed by atoms with van der Waals surface area (Å²) in [4.78, 5) is 6.98. The summed E-state index contributed by atoms with van der Waals surface area (Å²) in [6.45, 7) is 4.28. The van der Waals surface area contributed by atoms with Crippen LogP contribution in [0.4, 0.5) is 11.4 Å². The molecular weight excluding hydrogens is 348 g/mol. The quantitative estimate of drug-likeness (QED) is 0.676. The highest BCUT2D eigenvalue weighted by molar-refractivity contribution is 5.85. The largest absolute Gasteiger partial charge is 0.399 e. The molecule has 3 aromatic rings. The van der Waals surface area contributed by atoms with Gasteiger partial charge in [-0.3, -0.25) is 0 Å². The Morgan fingerprint density at radius 3 is 2.46 bits per heavy atom. The molecule has 1 saturated heterocycles. The predicted octanol–water partition coefficient (Wildman–Crippen LogP) is 4.71. The standard InChI is InChI=1S/C20H22N4O.ClH/c1-14-5-8-16(21)13-18(14)20-22-19(23-25-20)15-6-9-17(10-7-15)24-11-3-2-4-12-24;/h5-10,13H,2-4,11-12,21H2,1H3;1H. The maximum atomic E-state index is 5.88. The molecule has 5 nitrogen and oxygen atoms in total. The molecule has 26 heavy (non-hydrogen) atoms. The fraction of sp³-hybridized carbons (Fsp3) is 0.300. The van der Waals surface area contributed by atoms with Gasteiger partial charge in [0.05, 0.1) is 0 Å². The number of aromatic nitrogens is 2. The van der Waals surface area contributed by atoms with Crippen LogP contribution in [0.25, 0.3) is 22.8 Å². The van der Waals surface area contributed by atoms with Crippen molar-refractivity contribution in [2.45, 2.75) is 26.2 Å². The maximum Gasteiger partial charge on any atom is 0.258 e. The molecule has 1 aliphatic rings.